The molecule has 2 radical (unpaired) electrons. The molecule has 14 heteroatoms. The summed E-state index contributed by atoms with van der Waals surface area (Å²) in [7, 11) is -4.48. The van der Waals surface area contributed by atoms with E-state index >= 15 is 0 Å². The quantitative estimate of drug-likeness (QED) is 0.0549. The van der Waals surface area contributed by atoms with E-state index in [9.17, 15) is 22.6 Å². The molecular formula is C24H42N2Na2O9S. The van der Waals surface area contributed by atoms with Crippen molar-refractivity contribution >= 4 is 87.3 Å². The summed E-state index contributed by atoms with van der Waals surface area (Å²) in [5.41, 5.74) is 0. The predicted molar refractivity (Wildman–Crippen MR) is 146 cm³/mol. The molecule has 210 valence electrons. The normalized spacial score (nSPS) is 16.8. The van der Waals surface area contributed by atoms with Gasteiger partial charge in [-0.3, -0.25) is 4.18 Å². The number of nitrogens with zero attached hydrogens (tertiary/aromatic N) is 2. The maximum absolute atomic E-state index is 11.1. The number of aliphatic carboxylic acids is 2. The predicted octanol–water partition coefficient (Wildman–Crippen LogP) is 3.42. The molecule has 2 atom stereocenters. The molecule has 1 rings (SSSR count). The molecule has 0 bridgehead atoms. The van der Waals surface area contributed by atoms with Crippen molar-refractivity contribution in [2.45, 2.75) is 90.7 Å². The van der Waals surface area contributed by atoms with Gasteiger partial charge in [-0.15, -0.1) is 6.58 Å². The molecule has 0 fully saturated rings. The number of aliphatic imine (C=N–C) groups is 1. The van der Waals surface area contributed by atoms with Crippen LogP contribution in [-0.4, -0.2) is 131 Å². The van der Waals surface area contributed by atoms with Gasteiger partial charge in [-0.1, -0.05) is 70.8 Å². The van der Waals surface area contributed by atoms with E-state index in [2.05, 4.69) is 22.7 Å². The summed E-state index contributed by atoms with van der Waals surface area (Å²) in [5, 5.41) is 17.7. The molecule has 1 aliphatic heterocycles. The van der Waals surface area contributed by atoms with E-state index in [4.69, 9.17) is 14.9 Å². The molecule has 2 N–H and O–H groups in total. The summed E-state index contributed by atoms with van der Waals surface area (Å²) in [5.74, 6) is -1.56. The second-order valence-corrected chi connectivity index (χ2v) is 9.59. The van der Waals surface area contributed by atoms with Crippen molar-refractivity contribution in [3.05, 3.63) is 25.1 Å². The molecule has 2 unspecified atom stereocenters. The van der Waals surface area contributed by atoms with Crippen molar-refractivity contribution in [1.82, 2.24) is 0 Å². The Kier molecular flexibility index (Phi) is 27.5. The fourth-order valence-electron chi connectivity index (χ4n) is 3.69. The smallest absolute Gasteiger partial charge is 0.360 e. The largest absolute Gasteiger partial charge is 0.726 e. The minimum absolute atomic E-state index is 0. The summed E-state index contributed by atoms with van der Waals surface area (Å²) in [6.07, 6.45) is 16.2. The van der Waals surface area contributed by atoms with Crippen molar-refractivity contribution in [2.24, 2.45) is 4.99 Å². The van der Waals surface area contributed by atoms with E-state index in [1.807, 2.05) is 0 Å². The van der Waals surface area contributed by atoms with Crippen LogP contribution in [0.1, 0.15) is 84.5 Å². The number of amidine groups is 1. The SMILES string of the molecule is C=CCC1=NC=C[N+]1(CC(=O)O)C(C)OCC(=O)O.CCCCCCCCCCCCOS(=O)(=O)[O-].[Na].[Na]. The first-order chi connectivity index (χ1) is 17.0. The zero-order chi connectivity index (χ0) is 27.5. The molecule has 0 amide bonds. The van der Waals surface area contributed by atoms with Crippen molar-refractivity contribution in [1.29, 1.82) is 0 Å². The number of quaternary nitrogens is 1. The Labute approximate surface area is 271 Å². The minimum atomic E-state index is -4.48. The van der Waals surface area contributed by atoms with Gasteiger partial charge in [0.15, 0.2) is 13.2 Å². The van der Waals surface area contributed by atoms with Gasteiger partial charge < -0.3 is 19.5 Å². The Morgan fingerprint density at radius 3 is 2.03 bits per heavy atom. The van der Waals surface area contributed by atoms with Crippen molar-refractivity contribution in [3.8, 4) is 0 Å². The Morgan fingerprint density at radius 1 is 1.05 bits per heavy atom. The van der Waals surface area contributed by atoms with Crippen LogP contribution in [0, 0.1) is 0 Å². The Hall–Kier alpha value is -0.120. The summed E-state index contributed by atoms with van der Waals surface area (Å²) < 4.78 is 39.5. The monoisotopic (exact) mass is 580 g/mol. The van der Waals surface area contributed by atoms with Crippen LogP contribution in [-0.2, 0) is 28.9 Å². The minimum Gasteiger partial charge on any atom is -0.726 e. The van der Waals surface area contributed by atoms with E-state index in [0.29, 0.717) is 18.7 Å². The second kappa shape index (κ2) is 24.7. The molecule has 0 spiro atoms. The number of unbranched alkanes of at least 4 members (excludes halogenated alkanes) is 9. The number of rotatable bonds is 20. The van der Waals surface area contributed by atoms with Crippen LogP contribution in [0.2, 0.25) is 0 Å². The molecule has 0 saturated carbocycles. The maximum Gasteiger partial charge on any atom is 0.360 e. The molecule has 11 nitrogen and oxygen atoms in total. The Bertz CT molecular complexity index is 839. The number of hydrogen-bond acceptors (Lipinski definition) is 8. The van der Waals surface area contributed by atoms with Crippen LogP contribution in [0.4, 0.5) is 0 Å². The second-order valence-electron chi connectivity index (χ2n) is 8.53. The van der Waals surface area contributed by atoms with Gasteiger partial charge in [0.2, 0.25) is 22.5 Å². The van der Waals surface area contributed by atoms with Crippen LogP contribution in [0.15, 0.2) is 30.0 Å². The molecular weight excluding hydrogens is 538 g/mol. The van der Waals surface area contributed by atoms with Crippen molar-refractivity contribution in [3.63, 3.8) is 0 Å². The van der Waals surface area contributed by atoms with Gasteiger partial charge in [0.25, 0.3) is 0 Å². The van der Waals surface area contributed by atoms with E-state index < -0.39 is 35.2 Å². The molecule has 0 aromatic heterocycles. The van der Waals surface area contributed by atoms with Gasteiger partial charge >= 0.3 is 11.9 Å². The number of carboxylic acids is 2. The average molecular weight is 581 g/mol. The number of carbonyl (C=O) groups is 2. The van der Waals surface area contributed by atoms with Crippen LogP contribution in [0.5, 0.6) is 0 Å². The Morgan fingerprint density at radius 2 is 1.58 bits per heavy atom. The first-order valence-electron chi connectivity index (χ1n) is 12.4. The van der Waals surface area contributed by atoms with Gasteiger partial charge in [0, 0.05) is 66.0 Å². The van der Waals surface area contributed by atoms with Gasteiger partial charge in [-0.25, -0.2) is 27.5 Å². The fraction of sp³-hybridized carbons (Fsp3) is 0.708. The summed E-state index contributed by atoms with van der Waals surface area (Å²) in [4.78, 5) is 25.7. The molecule has 38 heavy (non-hydrogen) atoms. The summed E-state index contributed by atoms with van der Waals surface area (Å²) >= 11 is 0. The van der Waals surface area contributed by atoms with Crippen molar-refractivity contribution < 1.29 is 46.2 Å². The number of ether oxygens (including phenoxy) is 1. The maximum atomic E-state index is 11.1. The average Bonchev–Trinajstić information content (AvgIpc) is 3.18. The van der Waals surface area contributed by atoms with E-state index in [1.54, 1.807) is 19.2 Å². The molecule has 1 heterocycles. The fourth-order valence-corrected chi connectivity index (χ4v) is 4.01. The van der Waals surface area contributed by atoms with Crippen LogP contribution >= 0.6 is 0 Å². The van der Waals surface area contributed by atoms with Gasteiger partial charge in [-0.05, 0) is 6.42 Å². The third kappa shape index (κ3) is 20.7. The van der Waals surface area contributed by atoms with Gasteiger partial charge in [-0.2, -0.15) is 0 Å². The van der Waals surface area contributed by atoms with Crippen LogP contribution < -0.4 is 0 Å². The zero-order valence-corrected chi connectivity index (χ0v) is 28.3. The van der Waals surface area contributed by atoms with Crippen molar-refractivity contribution in [2.75, 3.05) is 19.8 Å². The summed E-state index contributed by atoms with van der Waals surface area (Å²) in [6, 6.07) is 0. The topological polar surface area (TPSA) is 163 Å². The molecule has 0 aromatic carbocycles. The van der Waals surface area contributed by atoms with Gasteiger partial charge in [0.05, 0.1) is 19.2 Å². The number of hydrogen-bond donors (Lipinski definition) is 2. The van der Waals surface area contributed by atoms with Gasteiger partial charge in [0.1, 0.15) is 6.20 Å². The first-order valence-corrected chi connectivity index (χ1v) is 13.7. The number of carboxylic acid groups (broad SMARTS) is 2. The van der Waals surface area contributed by atoms with Crippen LogP contribution in [0.25, 0.3) is 0 Å². The molecule has 0 aromatic rings. The zero-order valence-electron chi connectivity index (χ0n) is 23.5. The third-order valence-corrected chi connectivity index (χ3v) is 6.04. The van der Waals surface area contributed by atoms with Crippen LogP contribution in [0.3, 0.4) is 0 Å². The van der Waals surface area contributed by atoms with E-state index in [0.717, 1.165) is 12.8 Å². The first kappa shape index (κ1) is 42.3. The molecule has 1 aliphatic rings. The summed E-state index contributed by atoms with van der Waals surface area (Å²) in [6.45, 7) is 6.72. The Balaban J connectivity index is -0.000000617. The van der Waals surface area contributed by atoms with E-state index in [1.165, 1.54) is 51.1 Å². The standard InChI is InChI=1S/C12H16N2O5.C12H26O4S.2Na/c1-3-4-10-13-5-6-14(10,7-11(15)16)9(2)19-8-12(17)18;1-2-3-4-5-6-7-8-9-10-11-12-16-17(13,14)15;;/h3,5-6,9H,1,4,7-8H2,2H3,(H-,15,16,17,18);2-12H2,1H3,(H,13,14,15);;. The van der Waals surface area contributed by atoms with E-state index in [-0.39, 0.29) is 76.7 Å². The molecule has 0 aliphatic carbocycles. The third-order valence-electron chi connectivity index (χ3n) is 5.58. The molecule has 0 saturated heterocycles.